The molecule has 0 radical (unpaired) electrons. The van der Waals surface area contributed by atoms with Crippen LogP contribution in [0.3, 0.4) is 0 Å². The van der Waals surface area contributed by atoms with Gasteiger partial charge in [-0.25, -0.2) is 4.98 Å². The van der Waals surface area contributed by atoms with Crippen LogP contribution in [0, 0.1) is 13.8 Å². The Kier molecular flexibility index (Phi) is 3.88. The minimum atomic E-state index is -0.00119. The molecule has 1 saturated carbocycles. The number of nitrogens with one attached hydrogen (secondary N) is 1. The lowest BCUT2D eigenvalue weighted by Gasteiger charge is -2.09. The van der Waals surface area contributed by atoms with Gasteiger partial charge in [0, 0.05) is 29.5 Å². The van der Waals surface area contributed by atoms with Crippen molar-refractivity contribution in [1.82, 2.24) is 14.9 Å². The van der Waals surface area contributed by atoms with E-state index in [4.69, 9.17) is 0 Å². The summed E-state index contributed by atoms with van der Waals surface area (Å²) in [5.41, 5.74) is 3.95. The average Bonchev–Trinajstić information content (AvgIpc) is 3.33. The van der Waals surface area contributed by atoms with Crippen LogP contribution in [0.4, 0.5) is 0 Å². The van der Waals surface area contributed by atoms with Crippen molar-refractivity contribution in [2.45, 2.75) is 32.2 Å². The minimum absolute atomic E-state index is 0.00119. The van der Waals surface area contributed by atoms with Gasteiger partial charge in [-0.05, 0) is 44.0 Å². The predicted molar refractivity (Wildman–Crippen MR) is 98.1 cm³/mol. The molecule has 2 aromatic heterocycles. The van der Waals surface area contributed by atoms with Crippen molar-refractivity contribution in [1.29, 1.82) is 0 Å². The molecule has 2 unspecified atom stereocenters. The summed E-state index contributed by atoms with van der Waals surface area (Å²) in [7, 11) is 0. The molecule has 25 heavy (non-hydrogen) atoms. The molecule has 1 amide bonds. The highest BCUT2D eigenvalue weighted by Gasteiger charge is 2.39. The fraction of sp³-hybridized carbons (Fsp3) is 0.238. The number of rotatable bonds is 4. The quantitative estimate of drug-likeness (QED) is 0.791. The van der Waals surface area contributed by atoms with Crippen molar-refractivity contribution in [2.75, 3.05) is 0 Å². The molecule has 1 aliphatic rings. The zero-order valence-electron chi connectivity index (χ0n) is 14.4. The van der Waals surface area contributed by atoms with Crippen LogP contribution in [0.1, 0.15) is 39.6 Å². The van der Waals surface area contributed by atoms with Gasteiger partial charge in [0.05, 0.1) is 5.56 Å². The van der Waals surface area contributed by atoms with Gasteiger partial charge >= 0.3 is 0 Å². The maximum atomic E-state index is 12.7. The lowest BCUT2D eigenvalue weighted by molar-refractivity contribution is 0.0949. The van der Waals surface area contributed by atoms with Crippen molar-refractivity contribution >= 4 is 5.91 Å². The molecule has 4 nitrogen and oxygen atoms in total. The van der Waals surface area contributed by atoms with E-state index in [2.05, 4.69) is 22.4 Å². The molecule has 1 N–H and O–H groups in total. The van der Waals surface area contributed by atoms with Gasteiger partial charge in [0.1, 0.15) is 5.82 Å². The topological polar surface area (TPSA) is 46.9 Å². The number of aromatic nitrogens is 2. The number of carbonyl (C=O) groups excluding carboxylic acids is 1. The number of benzene rings is 1. The zero-order chi connectivity index (χ0) is 17.4. The van der Waals surface area contributed by atoms with Crippen LogP contribution in [-0.2, 0) is 0 Å². The molecule has 0 bridgehead atoms. The van der Waals surface area contributed by atoms with Gasteiger partial charge in [0.25, 0.3) is 5.91 Å². The molecule has 4 heteroatoms. The molecular formula is C21H21N3O. The highest BCUT2D eigenvalue weighted by atomic mass is 16.1. The van der Waals surface area contributed by atoms with Crippen LogP contribution in [-0.4, -0.2) is 21.5 Å². The van der Waals surface area contributed by atoms with Gasteiger partial charge in [0.15, 0.2) is 0 Å². The van der Waals surface area contributed by atoms with Crippen molar-refractivity contribution in [3.63, 3.8) is 0 Å². The number of hydrogen-bond acceptors (Lipinski definition) is 2. The molecule has 4 rings (SSSR count). The van der Waals surface area contributed by atoms with Crippen LogP contribution in [0.2, 0.25) is 0 Å². The molecule has 2 atom stereocenters. The summed E-state index contributed by atoms with van der Waals surface area (Å²) in [6.45, 7) is 3.97. The van der Waals surface area contributed by atoms with Crippen molar-refractivity contribution in [3.05, 3.63) is 83.3 Å². The average molecular weight is 331 g/mol. The van der Waals surface area contributed by atoms with E-state index in [1.54, 1.807) is 6.20 Å². The first-order chi connectivity index (χ1) is 12.1. The standard InChI is InChI=1S/C21H21N3O/c1-14-12-17(15(2)24(14)20-10-6-7-11-22-20)21(25)23-19-13-18(19)16-8-4-3-5-9-16/h3-12,18-19H,13H2,1-2H3,(H,23,25). The maximum absolute atomic E-state index is 12.7. The van der Waals surface area contributed by atoms with E-state index in [0.29, 0.717) is 5.92 Å². The number of nitrogens with zero attached hydrogens (tertiary/aromatic N) is 2. The van der Waals surface area contributed by atoms with Crippen LogP contribution in [0.15, 0.2) is 60.8 Å². The van der Waals surface area contributed by atoms with Crippen LogP contribution >= 0.6 is 0 Å². The Hall–Kier alpha value is -2.88. The first-order valence-electron chi connectivity index (χ1n) is 8.61. The predicted octanol–water partition coefficient (Wildman–Crippen LogP) is 3.78. The Morgan fingerprint density at radius 2 is 1.88 bits per heavy atom. The SMILES string of the molecule is Cc1cc(C(=O)NC2CC2c2ccccc2)c(C)n1-c1ccccn1. The second-order valence-electron chi connectivity index (χ2n) is 6.64. The lowest BCUT2D eigenvalue weighted by Crippen LogP contribution is -2.27. The second kappa shape index (κ2) is 6.20. The summed E-state index contributed by atoms with van der Waals surface area (Å²) >= 11 is 0. The third kappa shape index (κ3) is 2.95. The number of pyridine rings is 1. The zero-order valence-corrected chi connectivity index (χ0v) is 14.4. The van der Waals surface area contributed by atoms with Gasteiger partial charge in [-0.3, -0.25) is 4.79 Å². The monoisotopic (exact) mass is 331 g/mol. The molecule has 0 aliphatic heterocycles. The summed E-state index contributed by atoms with van der Waals surface area (Å²) in [4.78, 5) is 17.1. The fourth-order valence-electron chi connectivity index (χ4n) is 3.50. The van der Waals surface area contributed by atoms with Crippen LogP contribution in [0.25, 0.3) is 5.82 Å². The van der Waals surface area contributed by atoms with Crippen molar-refractivity contribution in [3.8, 4) is 5.82 Å². The van der Waals surface area contributed by atoms with E-state index in [1.165, 1.54) is 5.56 Å². The summed E-state index contributed by atoms with van der Waals surface area (Å²) < 4.78 is 2.02. The minimum Gasteiger partial charge on any atom is -0.349 e. The van der Waals surface area contributed by atoms with Crippen molar-refractivity contribution < 1.29 is 4.79 Å². The van der Waals surface area contributed by atoms with E-state index in [-0.39, 0.29) is 11.9 Å². The highest BCUT2D eigenvalue weighted by molar-refractivity contribution is 5.96. The maximum Gasteiger partial charge on any atom is 0.253 e. The van der Waals surface area contributed by atoms with Gasteiger partial charge in [-0.2, -0.15) is 0 Å². The number of aryl methyl sites for hydroxylation is 1. The summed E-state index contributed by atoms with van der Waals surface area (Å²) in [6.07, 6.45) is 2.78. The van der Waals surface area contributed by atoms with E-state index in [9.17, 15) is 4.79 Å². The smallest absolute Gasteiger partial charge is 0.253 e. The third-order valence-electron chi connectivity index (χ3n) is 4.89. The molecular weight excluding hydrogens is 310 g/mol. The molecule has 0 spiro atoms. The van der Waals surface area contributed by atoms with Gasteiger partial charge in [-0.1, -0.05) is 36.4 Å². The molecule has 2 heterocycles. The summed E-state index contributed by atoms with van der Waals surface area (Å²) in [6, 6.07) is 18.3. The molecule has 1 aliphatic carbocycles. The van der Waals surface area contributed by atoms with Gasteiger partial charge < -0.3 is 9.88 Å². The largest absolute Gasteiger partial charge is 0.349 e. The Labute approximate surface area is 147 Å². The molecule has 1 fully saturated rings. The lowest BCUT2D eigenvalue weighted by atomic mass is 10.1. The van der Waals surface area contributed by atoms with E-state index in [1.807, 2.05) is 60.9 Å². The van der Waals surface area contributed by atoms with Gasteiger partial charge in [-0.15, -0.1) is 0 Å². The molecule has 126 valence electrons. The second-order valence-corrected chi connectivity index (χ2v) is 6.64. The summed E-state index contributed by atoms with van der Waals surface area (Å²) in [5, 5.41) is 3.18. The van der Waals surface area contributed by atoms with Crippen LogP contribution < -0.4 is 5.32 Å². The number of carbonyl (C=O) groups is 1. The Balaban J connectivity index is 1.52. The Morgan fingerprint density at radius 1 is 1.12 bits per heavy atom. The molecule has 1 aromatic carbocycles. The first kappa shape index (κ1) is 15.6. The molecule has 0 saturated heterocycles. The van der Waals surface area contributed by atoms with E-state index in [0.717, 1.165) is 29.2 Å². The van der Waals surface area contributed by atoms with Gasteiger partial charge in [0.2, 0.25) is 0 Å². The number of hydrogen-bond donors (Lipinski definition) is 1. The van der Waals surface area contributed by atoms with E-state index >= 15 is 0 Å². The summed E-state index contributed by atoms with van der Waals surface area (Å²) in [5.74, 6) is 1.27. The van der Waals surface area contributed by atoms with Crippen molar-refractivity contribution in [2.24, 2.45) is 0 Å². The third-order valence-corrected chi connectivity index (χ3v) is 4.89. The normalized spacial score (nSPS) is 18.8. The first-order valence-corrected chi connectivity index (χ1v) is 8.61. The Morgan fingerprint density at radius 3 is 2.60 bits per heavy atom. The fourth-order valence-corrected chi connectivity index (χ4v) is 3.50. The molecule has 3 aromatic rings. The Bertz CT molecular complexity index is 900. The highest BCUT2D eigenvalue weighted by Crippen LogP contribution is 2.40. The number of amides is 1. The van der Waals surface area contributed by atoms with Crippen LogP contribution in [0.5, 0.6) is 0 Å². The van der Waals surface area contributed by atoms with E-state index < -0.39 is 0 Å².